The summed E-state index contributed by atoms with van der Waals surface area (Å²) in [6, 6.07) is 14.3. The molecule has 2 aliphatic rings. The van der Waals surface area contributed by atoms with Gasteiger partial charge in [-0.15, -0.1) is 0 Å². The highest BCUT2D eigenvalue weighted by Crippen LogP contribution is 2.36. The number of fused-ring (bicyclic) bond motifs is 2. The van der Waals surface area contributed by atoms with E-state index in [2.05, 4.69) is 28.8 Å². The molecule has 0 radical (unpaired) electrons. The molecule has 5 rings (SSSR count). The summed E-state index contributed by atoms with van der Waals surface area (Å²) in [7, 11) is 3.38. The van der Waals surface area contributed by atoms with Crippen molar-refractivity contribution < 1.29 is 14.3 Å². The van der Waals surface area contributed by atoms with E-state index in [-0.39, 0.29) is 11.8 Å². The number of hydrogen-bond acceptors (Lipinski definition) is 4. The zero-order valence-corrected chi connectivity index (χ0v) is 18.0. The molecule has 2 aliphatic heterocycles. The lowest BCUT2D eigenvalue weighted by molar-refractivity contribution is 0.0729. The van der Waals surface area contributed by atoms with Crippen LogP contribution in [0.1, 0.15) is 45.3 Å². The van der Waals surface area contributed by atoms with Crippen molar-refractivity contribution >= 4 is 5.91 Å². The second-order valence-electron chi connectivity index (χ2n) is 8.28. The molecular weight excluding hydrogens is 390 g/mol. The number of benzene rings is 2. The van der Waals surface area contributed by atoms with Crippen LogP contribution in [-0.2, 0) is 25.9 Å². The molecule has 31 heavy (non-hydrogen) atoms. The Morgan fingerprint density at radius 2 is 1.90 bits per heavy atom. The van der Waals surface area contributed by atoms with Gasteiger partial charge in [0.1, 0.15) is 23.0 Å². The molecule has 6 nitrogen and oxygen atoms in total. The van der Waals surface area contributed by atoms with E-state index in [1.807, 2.05) is 29.3 Å². The molecule has 3 aromatic rings. The molecule has 0 bridgehead atoms. The molecule has 0 saturated carbocycles. The van der Waals surface area contributed by atoms with Gasteiger partial charge < -0.3 is 18.9 Å². The molecule has 1 aromatic heterocycles. The van der Waals surface area contributed by atoms with E-state index in [0.29, 0.717) is 12.2 Å². The van der Waals surface area contributed by atoms with Crippen molar-refractivity contribution in [3.63, 3.8) is 0 Å². The normalized spacial score (nSPS) is 17.6. The third-order valence-electron chi connectivity index (χ3n) is 6.51. The lowest BCUT2D eigenvalue weighted by Crippen LogP contribution is -2.36. The number of aryl methyl sites for hydroxylation is 1. The molecule has 6 heteroatoms. The van der Waals surface area contributed by atoms with Crippen molar-refractivity contribution in [1.82, 2.24) is 14.5 Å². The molecule has 3 heterocycles. The Morgan fingerprint density at radius 3 is 2.71 bits per heavy atom. The van der Waals surface area contributed by atoms with E-state index in [1.165, 1.54) is 11.1 Å². The first-order valence-corrected chi connectivity index (χ1v) is 10.8. The van der Waals surface area contributed by atoms with Gasteiger partial charge in [-0.2, -0.15) is 0 Å². The zero-order valence-electron chi connectivity index (χ0n) is 18.0. The van der Waals surface area contributed by atoms with E-state index in [1.54, 1.807) is 14.2 Å². The van der Waals surface area contributed by atoms with Crippen LogP contribution in [0, 0.1) is 0 Å². The van der Waals surface area contributed by atoms with Gasteiger partial charge in [-0.3, -0.25) is 4.79 Å². The lowest BCUT2D eigenvalue weighted by Gasteiger charge is -2.28. The Labute approximate surface area is 182 Å². The number of carbonyl (C=O) groups excluding carboxylic acids is 1. The minimum Gasteiger partial charge on any atom is -0.497 e. The first-order chi connectivity index (χ1) is 15.2. The minimum absolute atomic E-state index is 0.0203. The third kappa shape index (κ3) is 3.67. The van der Waals surface area contributed by atoms with Gasteiger partial charge in [0, 0.05) is 43.7 Å². The average Bonchev–Trinajstić information content (AvgIpc) is 3.26. The predicted molar refractivity (Wildman–Crippen MR) is 118 cm³/mol. The SMILES string of the molecule is COc1ccc(OC)c([C@H]2CCc3nc(C(=O)N4CCc5ccccc5C4)cn3C2)c1. The fraction of sp³-hybridized carbons (Fsp3) is 0.360. The van der Waals surface area contributed by atoms with Crippen LogP contribution in [0.3, 0.4) is 0 Å². The van der Waals surface area contributed by atoms with E-state index in [0.717, 1.165) is 55.2 Å². The molecule has 0 N–H and O–H groups in total. The molecule has 2 aromatic carbocycles. The summed E-state index contributed by atoms with van der Waals surface area (Å²) < 4.78 is 13.2. The van der Waals surface area contributed by atoms with Crippen LogP contribution in [0.25, 0.3) is 0 Å². The summed E-state index contributed by atoms with van der Waals surface area (Å²) in [5, 5.41) is 0. The topological polar surface area (TPSA) is 56.6 Å². The number of carbonyl (C=O) groups is 1. The van der Waals surface area contributed by atoms with E-state index < -0.39 is 0 Å². The number of rotatable bonds is 4. The largest absolute Gasteiger partial charge is 0.497 e. The maximum absolute atomic E-state index is 13.2. The van der Waals surface area contributed by atoms with E-state index in [4.69, 9.17) is 14.5 Å². The van der Waals surface area contributed by atoms with Gasteiger partial charge in [-0.25, -0.2) is 4.98 Å². The first-order valence-electron chi connectivity index (χ1n) is 10.8. The highest BCUT2D eigenvalue weighted by molar-refractivity contribution is 5.92. The van der Waals surface area contributed by atoms with Gasteiger partial charge in [0.25, 0.3) is 5.91 Å². The first kappa shape index (κ1) is 19.7. The fourth-order valence-electron chi connectivity index (χ4n) is 4.79. The summed E-state index contributed by atoms with van der Waals surface area (Å²) >= 11 is 0. The molecule has 0 saturated heterocycles. The standard InChI is InChI=1S/C25H27N3O3/c1-30-20-8-9-23(31-2)21(13-20)19-7-10-24-26-22(16-28(24)15-19)25(29)27-12-11-17-5-3-4-6-18(17)14-27/h3-6,8-9,13,16,19H,7,10-12,14-15H2,1-2H3/t19-/m0/s1. The zero-order chi connectivity index (χ0) is 21.4. The van der Waals surface area contributed by atoms with Gasteiger partial charge in [0.2, 0.25) is 0 Å². The predicted octanol–water partition coefficient (Wildman–Crippen LogP) is 3.83. The van der Waals surface area contributed by atoms with Gasteiger partial charge in [-0.05, 0) is 42.2 Å². The fourth-order valence-corrected chi connectivity index (χ4v) is 4.79. The molecule has 0 spiro atoms. The summed E-state index contributed by atoms with van der Waals surface area (Å²) in [5.41, 5.74) is 4.26. The third-order valence-corrected chi connectivity index (χ3v) is 6.51. The van der Waals surface area contributed by atoms with Crippen molar-refractivity contribution in [2.75, 3.05) is 20.8 Å². The quantitative estimate of drug-likeness (QED) is 0.647. The van der Waals surface area contributed by atoms with Crippen molar-refractivity contribution in [1.29, 1.82) is 0 Å². The summed E-state index contributed by atoms with van der Waals surface area (Å²) in [4.78, 5) is 19.8. The van der Waals surface area contributed by atoms with Crippen LogP contribution in [0.5, 0.6) is 11.5 Å². The summed E-state index contributed by atoms with van der Waals surface area (Å²) in [6.45, 7) is 2.17. The Kier molecular flexibility index (Phi) is 5.14. The molecule has 0 aliphatic carbocycles. The van der Waals surface area contributed by atoms with Crippen LogP contribution in [0.4, 0.5) is 0 Å². The molecule has 0 unspecified atom stereocenters. The molecule has 1 amide bonds. The van der Waals surface area contributed by atoms with E-state index >= 15 is 0 Å². The highest BCUT2D eigenvalue weighted by Gasteiger charge is 2.28. The number of ether oxygens (including phenoxy) is 2. The second kappa shape index (κ2) is 8.10. The Balaban J connectivity index is 1.36. The molecular formula is C25H27N3O3. The Bertz CT molecular complexity index is 1120. The maximum Gasteiger partial charge on any atom is 0.274 e. The number of imidazole rings is 1. The van der Waals surface area contributed by atoms with Crippen LogP contribution >= 0.6 is 0 Å². The molecule has 0 fully saturated rings. The van der Waals surface area contributed by atoms with Crippen LogP contribution in [0.15, 0.2) is 48.7 Å². The number of nitrogens with zero attached hydrogens (tertiary/aromatic N) is 3. The lowest BCUT2D eigenvalue weighted by atomic mass is 9.90. The maximum atomic E-state index is 13.2. The number of aromatic nitrogens is 2. The van der Waals surface area contributed by atoms with Crippen LogP contribution < -0.4 is 9.47 Å². The average molecular weight is 418 g/mol. The van der Waals surface area contributed by atoms with Crippen molar-refractivity contribution in [3.8, 4) is 11.5 Å². The smallest absolute Gasteiger partial charge is 0.274 e. The number of amides is 1. The summed E-state index contributed by atoms with van der Waals surface area (Å²) in [6.07, 6.45) is 4.62. The van der Waals surface area contributed by atoms with Crippen molar-refractivity contribution in [3.05, 3.63) is 76.9 Å². The molecule has 160 valence electrons. The van der Waals surface area contributed by atoms with Crippen LogP contribution in [0.2, 0.25) is 0 Å². The van der Waals surface area contributed by atoms with E-state index in [9.17, 15) is 4.79 Å². The number of hydrogen-bond donors (Lipinski definition) is 0. The van der Waals surface area contributed by atoms with Crippen LogP contribution in [-0.4, -0.2) is 41.1 Å². The Morgan fingerprint density at radius 1 is 1.06 bits per heavy atom. The van der Waals surface area contributed by atoms with Crippen molar-refractivity contribution in [2.45, 2.75) is 38.3 Å². The second-order valence-corrected chi connectivity index (χ2v) is 8.28. The number of methoxy groups -OCH3 is 2. The van der Waals surface area contributed by atoms with Gasteiger partial charge >= 0.3 is 0 Å². The summed E-state index contributed by atoms with van der Waals surface area (Å²) in [5.74, 6) is 2.99. The van der Waals surface area contributed by atoms with Gasteiger partial charge in [-0.1, -0.05) is 24.3 Å². The van der Waals surface area contributed by atoms with Gasteiger partial charge in [0.15, 0.2) is 0 Å². The Hall–Kier alpha value is -3.28. The van der Waals surface area contributed by atoms with Crippen molar-refractivity contribution in [2.24, 2.45) is 0 Å². The molecule has 1 atom stereocenters. The highest BCUT2D eigenvalue weighted by atomic mass is 16.5. The van der Waals surface area contributed by atoms with Gasteiger partial charge in [0.05, 0.1) is 14.2 Å². The monoisotopic (exact) mass is 417 g/mol. The minimum atomic E-state index is 0.0203.